The van der Waals surface area contributed by atoms with Crippen LogP contribution in [0.3, 0.4) is 0 Å². The van der Waals surface area contributed by atoms with Crippen LogP contribution in [0.15, 0.2) is 0 Å². The third-order valence-electron chi connectivity index (χ3n) is 3.51. The average molecular weight is 287 g/mol. The van der Waals surface area contributed by atoms with E-state index in [9.17, 15) is 4.79 Å². The minimum absolute atomic E-state index is 0.243. The SMILES string of the molecule is CCOCCN(CC)CCCC(C)(NC(C)C)C(N)=O. The zero-order chi connectivity index (χ0) is 15.6. The van der Waals surface area contributed by atoms with Crippen LogP contribution in [0.25, 0.3) is 0 Å². The van der Waals surface area contributed by atoms with Crippen LogP contribution in [0.4, 0.5) is 0 Å². The number of ether oxygens (including phenoxy) is 1. The predicted molar refractivity (Wildman–Crippen MR) is 83.7 cm³/mol. The number of hydrogen-bond donors (Lipinski definition) is 2. The van der Waals surface area contributed by atoms with Gasteiger partial charge in [-0.05, 0) is 53.6 Å². The first kappa shape index (κ1) is 19.4. The Hall–Kier alpha value is -0.650. The topological polar surface area (TPSA) is 67.6 Å². The molecular weight excluding hydrogens is 254 g/mol. The third kappa shape index (κ3) is 7.82. The fraction of sp³-hybridized carbons (Fsp3) is 0.933. The van der Waals surface area contributed by atoms with Crippen LogP contribution < -0.4 is 11.1 Å². The molecule has 1 amide bonds. The van der Waals surface area contributed by atoms with Crippen LogP contribution in [0.5, 0.6) is 0 Å². The summed E-state index contributed by atoms with van der Waals surface area (Å²) in [6, 6.07) is 0.243. The molecule has 0 rings (SSSR count). The highest BCUT2D eigenvalue weighted by Gasteiger charge is 2.30. The molecule has 0 heterocycles. The fourth-order valence-electron chi connectivity index (χ4n) is 2.33. The summed E-state index contributed by atoms with van der Waals surface area (Å²) in [7, 11) is 0. The molecule has 0 saturated heterocycles. The smallest absolute Gasteiger partial charge is 0.237 e. The minimum Gasteiger partial charge on any atom is -0.380 e. The maximum Gasteiger partial charge on any atom is 0.237 e. The van der Waals surface area contributed by atoms with Crippen molar-refractivity contribution in [3.63, 3.8) is 0 Å². The lowest BCUT2D eigenvalue weighted by molar-refractivity contribution is -0.124. The summed E-state index contributed by atoms with van der Waals surface area (Å²) in [5, 5.41) is 3.28. The zero-order valence-corrected chi connectivity index (χ0v) is 13.9. The Morgan fingerprint density at radius 2 is 2.00 bits per heavy atom. The number of likely N-dealkylation sites (N-methyl/N-ethyl adjacent to an activating group) is 1. The van der Waals surface area contributed by atoms with E-state index in [0.717, 1.165) is 45.7 Å². The van der Waals surface area contributed by atoms with Gasteiger partial charge in [0.25, 0.3) is 0 Å². The average Bonchev–Trinajstić information content (AvgIpc) is 2.36. The number of nitrogens with one attached hydrogen (secondary N) is 1. The van der Waals surface area contributed by atoms with Crippen molar-refractivity contribution in [1.29, 1.82) is 0 Å². The number of rotatable bonds is 12. The second-order valence-corrected chi connectivity index (χ2v) is 5.73. The van der Waals surface area contributed by atoms with Crippen LogP contribution >= 0.6 is 0 Å². The van der Waals surface area contributed by atoms with Gasteiger partial charge >= 0.3 is 0 Å². The standard InChI is InChI=1S/C15H33N3O2/c1-6-18(11-12-20-7-2)10-8-9-15(5,14(16)19)17-13(3)4/h13,17H,6-12H2,1-5H3,(H2,16,19). The van der Waals surface area contributed by atoms with Gasteiger partial charge in [0.15, 0.2) is 0 Å². The molecule has 5 heteroatoms. The molecule has 20 heavy (non-hydrogen) atoms. The molecule has 0 spiro atoms. The van der Waals surface area contributed by atoms with Crippen LogP contribution in [0.2, 0.25) is 0 Å². The zero-order valence-electron chi connectivity index (χ0n) is 13.9. The van der Waals surface area contributed by atoms with Gasteiger partial charge in [-0.3, -0.25) is 4.79 Å². The molecular formula is C15H33N3O2. The molecule has 1 unspecified atom stereocenters. The molecule has 0 aromatic rings. The van der Waals surface area contributed by atoms with Crippen LogP contribution in [0, 0.1) is 0 Å². The van der Waals surface area contributed by atoms with Crippen molar-refractivity contribution >= 4 is 5.91 Å². The monoisotopic (exact) mass is 287 g/mol. The summed E-state index contributed by atoms with van der Waals surface area (Å²) in [5.41, 5.74) is 4.91. The van der Waals surface area contributed by atoms with Gasteiger partial charge in [-0.15, -0.1) is 0 Å². The van der Waals surface area contributed by atoms with Crippen molar-refractivity contribution in [2.45, 2.75) is 59.0 Å². The van der Waals surface area contributed by atoms with Gasteiger partial charge in [-0.1, -0.05) is 6.92 Å². The predicted octanol–water partition coefficient (Wildman–Crippen LogP) is 1.37. The molecule has 0 aliphatic heterocycles. The molecule has 5 nitrogen and oxygen atoms in total. The van der Waals surface area contributed by atoms with Crippen molar-refractivity contribution < 1.29 is 9.53 Å². The Labute approximate surface area is 124 Å². The molecule has 0 aliphatic carbocycles. The second-order valence-electron chi connectivity index (χ2n) is 5.73. The minimum atomic E-state index is -0.618. The van der Waals surface area contributed by atoms with Crippen molar-refractivity contribution in [2.24, 2.45) is 5.73 Å². The summed E-state index contributed by atoms with van der Waals surface area (Å²) < 4.78 is 5.38. The fourth-order valence-corrected chi connectivity index (χ4v) is 2.33. The van der Waals surface area contributed by atoms with E-state index in [2.05, 4.69) is 17.1 Å². The first-order valence-electron chi connectivity index (χ1n) is 7.73. The Kier molecular flexibility index (Phi) is 9.80. The lowest BCUT2D eigenvalue weighted by Gasteiger charge is -2.31. The molecule has 3 N–H and O–H groups in total. The van der Waals surface area contributed by atoms with E-state index in [1.807, 2.05) is 27.7 Å². The number of amides is 1. The molecule has 0 bridgehead atoms. The van der Waals surface area contributed by atoms with Gasteiger partial charge < -0.3 is 20.7 Å². The highest BCUT2D eigenvalue weighted by Crippen LogP contribution is 2.13. The molecule has 0 aliphatic rings. The van der Waals surface area contributed by atoms with Crippen LogP contribution in [0.1, 0.15) is 47.5 Å². The first-order valence-corrected chi connectivity index (χ1v) is 7.73. The van der Waals surface area contributed by atoms with E-state index in [1.54, 1.807) is 0 Å². The molecule has 120 valence electrons. The lowest BCUT2D eigenvalue weighted by atomic mass is 9.93. The lowest BCUT2D eigenvalue weighted by Crippen LogP contribution is -2.55. The Bertz CT molecular complexity index is 272. The van der Waals surface area contributed by atoms with Crippen molar-refractivity contribution in [1.82, 2.24) is 10.2 Å². The molecule has 0 aromatic carbocycles. The van der Waals surface area contributed by atoms with E-state index in [4.69, 9.17) is 10.5 Å². The Morgan fingerprint density at radius 3 is 2.45 bits per heavy atom. The van der Waals surface area contributed by atoms with Gasteiger partial charge in [-0.2, -0.15) is 0 Å². The molecule has 0 radical (unpaired) electrons. The van der Waals surface area contributed by atoms with E-state index >= 15 is 0 Å². The highest BCUT2D eigenvalue weighted by molar-refractivity contribution is 5.84. The largest absolute Gasteiger partial charge is 0.380 e. The second kappa shape index (κ2) is 10.1. The Morgan fingerprint density at radius 1 is 1.35 bits per heavy atom. The Balaban J connectivity index is 4.17. The third-order valence-corrected chi connectivity index (χ3v) is 3.51. The summed E-state index contributed by atoms with van der Waals surface area (Å²) in [6.45, 7) is 14.5. The van der Waals surface area contributed by atoms with E-state index < -0.39 is 5.54 Å². The number of primary amides is 1. The van der Waals surface area contributed by atoms with Crippen molar-refractivity contribution in [3.8, 4) is 0 Å². The molecule has 0 saturated carbocycles. The van der Waals surface area contributed by atoms with E-state index in [-0.39, 0.29) is 11.9 Å². The summed E-state index contributed by atoms with van der Waals surface area (Å²) in [5.74, 6) is -0.274. The quantitative estimate of drug-likeness (QED) is 0.532. The highest BCUT2D eigenvalue weighted by atomic mass is 16.5. The summed E-state index contributed by atoms with van der Waals surface area (Å²) in [6.07, 6.45) is 1.70. The molecule has 0 fully saturated rings. The number of nitrogens with two attached hydrogens (primary N) is 1. The number of hydrogen-bond acceptors (Lipinski definition) is 4. The number of carbonyl (C=O) groups excluding carboxylic acids is 1. The van der Waals surface area contributed by atoms with Gasteiger partial charge in [0.05, 0.1) is 12.1 Å². The maximum atomic E-state index is 11.6. The molecule has 1 atom stereocenters. The van der Waals surface area contributed by atoms with E-state index in [1.165, 1.54) is 0 Å². The molecule has 0 aromatic heterocycles. The summed E-state index contributed by atoms with van der Waals surface area (Å²) >= 11 is 0. The van der Waals surface area contributed by atoms with Crippen molar-refractivity contribution in [3.05, 3.63) is 0 Å². The van der Waals surface area contributed by atoms with Gasteiger partial charge in [0.1, 0.15) is 0 Å². The first-order chi connectivity index (χ1) is 9.35. The normalized spacial score (nSPS) is 14.8. The van der Waals surface area contributed by atoms with Crippen molar-refractivity contribution in [2.75, 3.05) is 32.8 Å². The van der Waals surface area contributed by atoms with Gasteiger partial charge in [0, 0.05) is 19.2 Å². The number of carbonyl (C=O) groups is 1. The maximum absolute atomic E-state index is 11.6. The van der Waals surface area contributed by atoms with Gasteiger partial charge in [-0.25, -0.2) is 0 Å². The van der Waals surface area contributed by atoms with E-state index in [0.29, 0.717) is 0 Å². The van der Waals surface area contributed by atoms with Gasteiger partial charge in [0.2, 0.25) is 5.91 Å². The van der Waals surface area contributed by atoms with Crippen LogP contribution in [-0.4, -0.2) is 55.2 Å². The summed E-state index contributed by atoms with van der Waals surface area (Å²) in [4.78, 5) is 14.0. The van der Waals surface area contributed by atoms with Crippen LogP contribution in [-0.2, 0) is 9.53 Å². The number of nitrogens with zero attached hydrogens (tertiary/aromatic N) is 1.